The average Bonchev–Trinajstić information content (AvgIpc) is 2.48. The lowest BCUT2D eigenvalue weighted by atomic mass is 9.96. The second-order valence-corrected chi connectivity index (χ2v) is 4.71. The number of nitrogens with one attached hydrogen (secondary N) is 1. The van der Waals surface area contributed by atoms with Crippen molar-refractivity contribution < 1.29 is 17.9 Å². The molecule has 2 nitrogen and oxygen atoms in total. The summed E-state index contributed by atoms with van der Waals surface area (Å²) in [5.74, 6) is -1.76. The zero-order valence-corrected chi connectivity index (χ0v) is 12.0. The summed E-state index contributed by atoms with van der Waals surface area (Å²) >= 11 is 0. The minimum absolute atomic E-state index is 0.0289. The molecule has 21 heavy (non-hydrogen) atoms. The minimum Gasteiger partial charge on any atom is -0.494 e. The molecule has 0 saturated heterocycles. The van der Waals surface area contributed by atoms with E-state index >= 15 is 0 Å². The first-order valence-corrected chi connectivity index (χ1v) is 6.44. The van der Waals surface area contributed by atoms with E-state index in [1.54, 1.807) is 14.0 Å². The van der Waals surface area contributed by atoms with E-state index in [0.717, 1.165) is 0 Å². The smallest absolute Gasteiger partial charge is 0.165 e. The van der Waals surface area contributed by atoms with Crippen LogP contribution in [0.25, 0.3) is 0 Å². The summed E-state index contributed by atoms with van der Waals surface area (Å²) in [6, 6.07) is 5.98. The third kappa shape index (κ3) is 2.88. The third-order valence-corrected chi connectivity index (χ3v) is 3.41. The number of benzene rings is 2. The van der Waals surface area contributed by atoms with Gasteiger partial charge in [-0.3, -0.25) is 0 Å². The van der Waals surface area contributed by atoms with Crippen molar-refractivity contribution in [3.05, 3.63) is 64.5 Å². The maximum absolute atomic E-state index is 14.3. The highest BCUT2D eigenvalue weighted by atomic mass is 19.1. The average molecular weight is 295 g/mol. The fraction of sp³-hybridized carbons (Fsp3) is 0.250. The molecule has 0 aliphatic heterocycles. The summed E-state index contributed by atoms with van der Waals surface area (Å²) in [5.41, 5.74) is 0.769. The topological polar surface area (TPSA) is 21.3 Å². The van der Waals surface area contributed by atoms with Crippen LogP contribution < -0.4 is 10.1 Å². The van der Waals surface area contributed by atoms with Gasteiger partial charge in [0.2, 0.25) is 0 Å². The molecule has 0 spiro atoms. The molecule has 0 saturated carbocycles. The lowest BCUT2D eigenvalue weighted by Crippen LogP contribution is -2.21. The Morgan fingerprint density at radius 2 is 1.71 bits per heavy atom. The van der Waals surface area contributed by atoms with E-state index in [2.05, 4.69) is 5.32 Å². The largest absolute Gasteiger partial charge is 0.494 e. The Bertz CT molecular complexity index is 658. The molecule has 0 amide bonds. The van der Waals surface area contributed by atoms with Crippen LogP contribution in [0.4, 0.5) is 13.2 Å². The van der Waals surface area contributed by atoms with Gasteiger partial charge in [-0.25, -0.2) is 13.2 Å². The number of methoxy groups -OCH3 is 1. The molecule has 1 atom stereocenters. The number of aryl methyl sites for hydroxylation is 1. The molecule has 1 unspecified atom stereocenters. The zero-order chi connectivity index (χ0) is 15.6. The van der Waals surface area contributed by atoms with Crippen LogP contribution in [0.1, 0.15) is 22.7 Å². The van der Waals surface area contributed by atoms with Crippen molar-refractivity contribution in [3.63, 3.8) is 0 Å². The highest BCUT2D eigenvalue weighted by Gasteiger charge is 2.22. The standard InChI is InChI=1S/C16H16F3NO/c1-9-4-6-12(18)14(15(9)19)16(20-2)10-5-7-11(17)13(8-10)21-3/h4-8,16,20H,1-3H3. The van der Waals surface area contributed by atoms with Crippen molar-refractivity contribution in [2.24, 2.45) is 0 Å². The number of rotatable bonds is 4. The molecule has 1 N–H and O–H groups in total. The highest BCUT2D eigenvalue weighted by molar-refractivity contribution is 5.40. The molecule has 0 heterocycles. The van der Waals surface area contributed by atoms with Crippen LogP contribution in [-0.4, -0.2) is 14.2 Å². The summed E-state index contributed by atoms with van der Waals surface area (Å²) < 4.78 is 46.7. The highest BCUT2D eigenvalue weighted by Crippen LogP contribution is 2.31. The molecule has 112 valence electrons. The molecule has 0 fully saturated rings. The van der Waals surface area contributed by atoms with E-state index in [-0.39, 0.29) is 11.3 Å². The number of ether oxygens (including phenoxy) is 1. The van der Waals surface area contributed by atoms with Crippen molar-refractivity contribution in [1.29, 1.82) is 0 Å². The third-order valence-electron chi connectivity index (χ3n) is 3.41. The van der Waals surface area contributed by atoms with Crippen molar-refractivity contribution in [3.8, 4) is 5.75 Å². The van der Waals surface area contributed by atoms with Gasteiger partial charge < -0.3 is 10.1 Å². The maximum Gasteiger partial charge on any atom is 0.165 e. The first kappa shape index (κ1) is 15.4. The second-order valence-electron chi connectivity index (χ2n) is 4.71. The molecule has 0 aromatic heterocycles. The van der Waals surface area contributed by atoms with Crippen molar-refractivity contribution in [2.75, 3.05) is 14.2 Å². The second kappa shape index (κ2) is 6.18. The van der Waals surface area contributed by atoms with Gasteiger partial charge in [0.15, 0.2) is 11.6 Å². The summed E-state index contributed by atoms with van der Waals surface area (Å²) in [6.07, 6.45) is 0. The van der Waals surface area contributed by atoms with Crippen LogP contribution in [0.5, 0.6) is 5.75 Å². The van der Waals surface area contributed by atoms with E-state index < -0.39 is 23.5 Å². The van der Waals surface area contributed by atoms with Gasteiger partial charge in [0.25, 0.3) is 0 Å². The van der Waals surface area contributed by atoms with Crippen molar-refractivity contribution in [2.45, 2.75) is 13.0 Å². The van der Waals surface area contributed by atoms with Crippen LogP contribution in [0.2, 0.25) is 0 Å². The van der Waals surface area contributed by atoms with Gasteiger partial charge in [0.1, 0.15) is 11.6 Å². The Balaban J connectivity index is 2.57. The van der Waals surface area contributed by atoms with E-state index in [4.69, 9.17) is 4.74 Å². The lowest BCUT2D eigenvalue weighted by molar-refractivity contribution is 0.385. The van der Waals surface area contributed by atoms with Crippen LogP contribution in [-0.2, 0) is 0 Å². The lowest BCUT2D eigenvalue weighted by Gasteiger charge is -2.20. The molecule has 2 aromatic rings. The summed E-state index contributed by atoms with van der Waals surface area (Å²) in [4.78, 5) is 0. The Hall–Kier alpha value is -2.01. The summed E-state index contributed by atoms with van der Waals surface area (Å²) in [6.45, 7) is 1.57. The van der Waals surface area contributed by atoms with Gasteiger partial charge in [-0.1, -0.05) is 12.1 Å². The van der Waals surface area contributed by atoms with E-state index in [1.165, 1.54) is 37.4 Å². The Morgan fingerprint density at radius 1 is 1.05 bits per heavy atom. The van der Waals surface area contributed by atoms with Crippen LogP contribution in [0.15, 0.2) is 30.3 Å². The molecular weight excluding hydrogens is 279 g/mol. The van der Waals surface area contributed by atoms with E-state index in [0.29, 0.717) is 11.1 Å². The van der Waals surface area contributed by atoms with Gasteiger partial charge in [-0.2, -0.15) is 0 Å². The molecule has 0 aliphatic rings. The first-order chi connectivity index (χ1) is 9.99. The predicted molar refractivity (Wildman–Crippen MR) is 74.9 cm³/mol. The fourth-order valence-electron chi connectivity index (χ4n) is 2.28. The van der Waals surface area contributed by atoms with Crippen LogP contribution >= 0.6 is 0 Å². The molecule has 0 aliphatic carbocycles. The first-order valence-electron chi connectivity index (χ1n) is 6.44. The summed E-state index contributed by atoms with van der Waals surface area (Å²) in [5, 5.41) is 2.86. The van der Waals surface area contributed by atoms with Crippen LogP contribution in [0, 0.1) is 24.4 Å². The Labute approximate surface area is 121 Å². The molecule has 2 rings (SSSR count). The molecular formula is C16H16F3NO. The van der Waals surface area contributed by atoms with Gasteiger partial charge in [-0.05, 0) is 43.3 Å². The molecule has 0 radical (unpaired) electrons. The minimum atomic E-state index is -0.737. The van der Waals surface area contributed by atoms with Gasteiger partial charge >= 0.3 is 0 Å². The number of hydrogen-bond donors (Lipinski definition) is 1. The van der Waals surface area contributed by atoms with Crippen molar-refractivity contribution in [1.82, 2.24) is 5.32 Å². The predicted octanol–water partition coefficient (Wildman–Crippen LogP) is 3.73. The van der Waals surface area contributed by atoms with Gasteiger partial charge in [-0.15, -0.1) is 0 Å². The number of halogens is 3. The maximum atomic E-state index is 14.3. The number of hydrogen-bond acceptors (Lipinski definition) is 2. The van der Waals surface area contributed by atoms with E-state index in [9.17, 15) is 13.2 Å². The van der Waals surface area contributed by atoms with Gasteiger partial charge in [0.05, 0.1) is 13.2 Å². The van der Waals surface area contributed by atoms with E-state index in [1.807, 2.05) is 0 Å². The molecule has 2 aromatic carbocycles. The Kier molecular flexibility index (Phi) is 4.53. The van der Waals surface area contributed by atoms with Crippen molar-refractivity contribution >= 4 is 0 Å². The van der Waals surface area contributed by atoms with Crippen LogP contribution in [0.3, 0.4) is 0 Å². The Morgan fingerprint density at radius 3 is 2.33 bits per heavy atom. The quantitative estimate of drug-likeness (QED) is 0.928. The normalized spacial score (nSPS) is 12.3. The molecule has 0 bridgehead atoms. The van der Waals surface area contributed by atoms with Gasteiger partial charge in [0, 0.05) is 5.56 Å². The zero-order valence-electron chi connectivity index (χ0n) is 12.0. The molecule has 5 heteroatoms. The fourth-order valence-corrected chi connectivity index (χ4v) is 2.28. The SMILES string of the molecule is CNC(c1ccc(F)c(OC)c1)c1c(F)ccc(C)c1F. The summed E-state index contributed by atoms with van der Waals surface area (Å²) in [7, 11) is 2.92. The monoisotopic (exact) mass is 295 g/mol.